The lowest BCUT2D eigenvalue weighted by Crippen LogP contribution is -2.08. The number of hydrogen-bond donors (Lipinski definition) is 1. The summed E-state index contributed by atoms with van der Waals surface area (Å²) in [5.41, 5.74) is 0.538. The Kier molecular flexibility index (Phi) is 5.89. The lowest BCUT2D eigenvalue weighted by Gasteiger charge is -2.04. The number of ether oxygens (including phenoxy) is 2. The molecule has 6 heteroatoms. The Morgan fingerprint density at radius 1 is 1.47 bits per heavy atom. The van der Waals surface area contributed by atoms with E-state index in [1.54, 1.807) is 31.3 Å². The Hall–Kier alpha value is -2.55. The predicted molar refractivity (Wildman–Crippen MR) is 69.4 cm³/mol. The van der Waals surface area contributed by atoms with Gasteiger partial charge in [0.1, 0.15) is 6.07 Å². The van der Waals surface area contributed by atoms with Crippen LogP contribution >= 0.6 is 0 Å². The third kappa shape index (κ3) is 4.68. The zero-order valence-corrected chi connectivity index (χ0v) is 10.8. The number of hydrogen-bond acceptors (Lipinski definition) is 6. The molecule has 0 amide bonds. The van der Waals surface area contributed by atoms with Gasteiger partial charge < -0.3 is 14.8 Å². The van der Waals surface area contributed by atoms with E-state index in [1.165, 1.54) is 6.20 Å². The molecule has 0 aliphatic carbocycles. The summed E-state index contributed by atoms with van der Waals surface area (Å²) in [6, 6.07) is 5.19. The minimum atomic E-state index is -0.656. The van der Waals surface area contributed by atoms with E-state index < -0.39 is 5.97 Å². The van der Waals surface area contributed by atoms with Gasteiger partial charge in [0.15, 0.2) is 5.57 Å². The van der Waals surface area contributed by atoms with Gasteiger partial charge in [-0.15, -0.1) is 0 Å². The molecule has 1 aromatic rings. The maximum absolute atomic E-state index is 11.3. The van der Waals surface area contributed by atoms with Crippen LogP contribution in [0.15, 0.2) is 30.1 Å². The molecule has 0 spiro atoms. The molecule has 1 rings (SSSR count). The number of pyridine rings is 1. The van der Waals surface area contributed by atoms with E-state index in [2.05, 4.69) is 10.3 Å². The van der Waals surface area contributed by atoms with Crippen LogP contribution in [0.1, 0.15) is 13.8 Å². The normalized spacial score (nSPS) is 10.5. The molecule has 0 aliphatic heterocycles. The van der Waals surface area contributed by atoms with Crippen LogP contribution in [0, 0.1) is 11.3 Å². The van der Waals surface area contributed by atoms with Gasteiger partial charge in [0.2, 0.25) is 5.88 Å². The van der Waals surface area contributed by atoms with E-state index in [-0.39, 0.29) is 12.2 Å². The van der Waals surface area contributed by atoms with Gasteiger partial charge in [-0.1, -0.05) is 0 Å². The number of anilines is 1. The van der Waals surface area contributed by atoms with Gasteiger partial charge in [-0.05, 0) is 19.9 Å². The maximum Gasteiger partial charge on any atom is 0.350 e. The van der Waals surface area contributed by atoms with E-state index in [9.17, 15) is 4.79 Å². The Morgan fingerprint density at radius 2 is 2.26 bits per heavy atom. The van der Waals surface area contributed by atoms with Crippen LogP contribution in [-0.4, -0.2) is 24.2 Å². The van der Waals surface area contributed by atoms with Crippen molar-refractivity contribution in [3.63, 3.8) is 0 Å². The van der Waals surface area contributed by atoms with Crippen LogP contribution in [0.2, 0.25) is 0 Å². The summed E-state index contributed by atoms with van der Waals surface area (Å²) in [4.78, 5) is 15.4. The highest BCUT2D eigenvalue weighted by molar-refractivity contribution is 5.93. The first-order valence-corrected chi connectivity index (χ1v) is 5.84. The van der Waals surface area contributed by atoms with Gasteiger partial charge in [0, 0.05) is 12.3 Å². The molecule has 6 nitrogen and oxygen atoms in total. The van der Waals surface area contributed by atoms with Crippen molar-refractivity contribution >= 4 is 11.7 Å². The molecule has 0 saturated heterocycles. The molecule has 1 aromatic heterocycles. The van der Waals surface area contributed by atoms with Crippen molar-refractivity contribution in [3.8, 4) is 11.9 Å². The topological polar surface area (TPSA) is 84.2 Å². The van der Waals surface area contributed by atoms with Gasteiger partial charge >= 0.3 is 5.97 Å². The summed E-state index contributed by atoms with van der Waals surface area (Å²) >= 11 is 0. The Labute approximate surface area is 111 Å². The molecule has 100 valence electrons. The van der Waals surface area contributed by atoms with Crippen LogP contribution in [0.3, 0.4) is 0 Å². The molecule has 0 saturated carbocycles. The molecule has 0 aromatic carbocycles. The fraction of sp³-hybridized carbons (Fsp3) is 0.308. The minimum absolute atomic E-state index is 0.101. The van der Waals surface area contributed by atoms with Crippen LogP contribution in [-0.2, 0) is 9.53 Å². The molecule has 0 unspecified atom stereocenters. The average Bonchev–Trinajstić information content (AvgIpc) is 2.42. The third-order valence-electron chi connectivity index (χ3n) is 2.03. The summed E-state index contributed by atoms with van der Waals surface area (Å²) < 4.78 is 9.93. The van der Waals surface area contributed by atoms with Gasteiger partial charge in [-0.3, -0.25) is 0 Å². The van der Waals surface area contributed by atoms with Crippen molar-refractivity contribution in [3.05, 3.63) is 30.1 Å². The number of carbonyl (C=O) groups is 1. The Morgan fingerprint density at radius 3 is 2.79 bits per heavy atom. The van der Waals surface area contributed by atoms with Crippen molar-refractivity contribution in [1.82, 2.24) is 4.98 Å². The van der Waals surface area contributed by atoms with E-state index >= 15 is 0 Å². The van der Waals surface area contributed by atoms with Gasteiger partial charge in [0.05, 0.1) is 25.1 Å². The molecule has 1 N–H and O–H groups in total. The Bertz CT molecular complexity index is 489. The quantitative estimate of drug-likeness (QED) is 0.478. The molecule has 0 bridgehead atoms. The fourth-order valence-corrected chi connectivity index (χ4v) is 1.20. The van der Waals surface area contributed by atoms with Crippen molar-refractivity contribution in [1.29, 1.82) is 5.26 Å². The SMILES string of the molecule is CCOC(=O)C(C#N)=CNc1ccc(OCC)nc1. The van der Waals surface area contributed by atoms with Gasteiger partial charge in [0.25, 0.3) is 0 Å². The summed E-state index contributed by atoms with van der Waals surface area (Å²) in [6.45, 7) is 4.31. The first-order chi connectivity index (χ1) is 9.21. The highest BCUT2D eigenvalue weighted by atomic mass is 16.5. The van der Waals surface area contributed by atoms with Crippen LogP contribution in [0.4, 0.5) is 5.69 Å². The summed E-state index contributed by atoms with van der Waals surface area (Å²) in [6.07, 6.45) is 2.83. The zero-order chi connectivity index (χ0) is 14.1. The molecule has 1 heterocycles. The number of carbonyl (C=O) groups excluding carboxylic acids is 1. The van der Waals surface area contributed by atoms with E-state index in [1.807, 2.05) is 6.92 Å². The van der Waals surface area contributed by atoms with E-state index in [4.69, 9.17) is 14.7 Å². The molecule has 0 aliphatic rings. The number of nitrogens with one attached hydrogen (secondary N) is 1. The molecule has 0 atom stereocenters. The van der Waals surface area contributed by atoms with E-state index in [0.29, 0.717) is 18.2 Å². The van der Waals surface area contributed by atoms with E-state index in [0.717, 1.165) is 0 Å². The highest BCUT2D eigenvalue weighted by Gasteiger charge is 2.08. The van der Waals surface area contributed by atoms with Crippen LogP contribution < -0.4 is 10.1 Å². The number of esters is 1. The first-order valence-electron chi connectivity index (χ1n) is 5.84. The van der Waals surface area contributed by atoms with Gasteiger partial charge in [-0.25, -0.2) is 9.78 Å². The second-order valence-corrected chi connectivity index (χ2v) is 3.35. The molecule has 19 heavy (non-hydrogen) atoms. The largest absolute Gasteiger partial charge is 0.478 e. The van der Waals surface area contributed by atoms with Crippen molar-refractivity contribution < 1.29 is 14.3 Å². The summed E-state index contributed by atoms with van der Waals surface area (Å²) in [5, 5.41) is 11.6. The Balaban J connectivity index is 2.68. The second kappa shape index (κ2) is 7.71. The standard InChI is InChI=1S/C13H15N3O3/c1-3-18-12-6-5-11(9-16-12)15-8-10(7-14)13(17)19-4-2/h5-6,8-9,15H,3-4H2,1-2H3. The predicted octanol–water partition coefficient (Wildman–Crippen LogP) is 1.86. The molecule has 0 radical (unpaired) electrons. The summed E-state index contributed by atoms with van der Waals surface area (Å²) in [5.74, 6) is -0.140. The van der Waals surface area contributed by atoms with Crippen LogP contribution in [0.25, 0.3) is 0 Å². The lowest BCUT2D eigenvalue weighted by molar-refractivity contribution is -0.138. The zero-order valence-electron chi connectivity index (χ0n) is 10.8. The summed E-state index contributed by atoms with van der Waals surface area (Å²) in [7, 11) is 0. The number of rotatable bonds is 6. The van der Waals surface area contributed by atoms with Crippen LogP contribution in [0.5, 0.6) is 5.88 Å². The van der Waals surface area contributed by atoms with Gasteiger partial charge in [-0.2, -0.15) is 5.26 Å². The lowest BCUT2D eigenvalue weighted by atomic mass is 10.3. The third-order valence-corrected chi connectivity index (χ3v) is 2.03. The maximum atomic E-state index is 11.3. The smallest absolute Gasteiger partial charge is 0.350 e. The average molecular weight is 261 g/mol. The number of nitrogens with zero attached hydrogens (tertiary/aromatic N) is 2. The van der Waals surface area contributed by atoms with Crippen molar-refractivity contribution in [2.24, 2.45) is 0 Å². The minimum Gasteiger partial charge on any atom is -0.478 e. The number of aromatic nitrogens is 1. The van der Waals surface area contributed by atoms with Crippen molar-refractivity contribution in [2.45, 2.75) is 13.8 Å². The van der Waals surface area contributed by atoms with Crippen molar-refractivity contribution in [2.75, 3.05) is 18.5 Å². The fourth-order valence-electron chi connectivity index (χ4n) is 1.20. The molecular weight excluding hydrogens is 246 g/mol. The highest BCUT2D eigenvalue weighted by Crippen LogP contribution is 2.12. The number of nitriles is 1. The second-order valence-electron chi connectivity index (χ2n) is 3.35. The first kappa shape index (κ1) is 14.5. The molecule has 0 fully saturated rings. The monoisotopic (exact) mass is 261 g/mol. The molecular formula is C13H15N3O3.